The molecule has 2 N–H and O–H groups in total. The van der Waals surface area contributed by atoms with E-state index in [0.717, 1.165) is 23.1 Å². The standard InChI is InChI=1S/C15H13F3N2O/c1-2-20(10-5-3-4-9(16)8-10)15(21)13-11(17)6-7-12(19)14(13)18/h3-8H,2,19H2,1H3. The number of amides is 1. The van der Waals surface area contributed by atoms with E-state index in [9.17, 15) is 18.0 Å². The van der Waals surface area contributed by atoms with Crippen molar-refractivity contribution in [2.45, 2.75) is 6.92 Å². The maximum Gasteiger partial charge on any atom is 0.264 e. The van der Waals surface area contributed by atoms with E-state index in [4.69, 9.17) is 5.73 Å². The molecule has 0 atom stereocenters. The van der Waals surface area contributed by atoms with Crippen molar-refractivity contribution in [1.29, 1.82) is 0 Å². The Morgan fingerprint density at radius 3 is 2.52 bits per heavy atom. The number of benzene rings is 2. The van der Waals surface area contributed by atoms with Crippen LogP contribution in [0.2, 0.25) is 0 Å². The van der Waals surface area contributed by atoms with Crippen molar-refractivity contribution >= 4 is 17.3 Å². The number of nitrogens with two attached hydrogens (primary N) is 1. The average Bonchev–Trinajstić information content (AvgIpc) is 2.44. The molecular formula is C15H13F3N2O. The minimum atomic E-state index is -1.12. The summed E-state index contributed by atoms with van der Waals surface area (Å²) in [5.41, 5.74) is 4.50. The molecule has 0 radical (unpaired) electrons. The van der Waals surface area contributed by atoms with E-state index in [1.165, 1.54) is 18.2 Å². The highest BCUT2D eigenvalue weighted by atomic mass is 19.1. The first-order chi connectivity index (χ1) is 9.95. The van der Waals surface area contributed by atoms with E-state index in [2.05, 4.69) is 0 Å². The summed E-state index contributed by atoms with van der Waals surface area (Å²) in [4.78, 5) is 13.4. The molecular weight excluding hydrogens is 281 g/mol. The number of hydrogen-bond donors (Lipinski definition) is 1. The third kappa shape index (κ3) is 2.84. The fraction of sp³-hybridized carbons (Fsp3) is 0.133. The van der Waals surface area contributed by atoms with E-state index < -0.39 is 28.9 Å². The molecule has 0 fully saturated rings. The first-order valence-electron chi connectivity index (χ1n) is 6.26. The van der Waals surface area contributed by atoms with E-state index >= 15 is 0 Å². The molecule has 0 aliphatic heterocycles. The van der Waals surface area contributed by atoms with Crippen LogP contribution in [-0.2, 0) is 0 Å². The van der Waals surface area contributed by atoms with Crippen LogP contribution in [0.15, 0.2) is 36.4 Å². The van der Waals surface area contributed by atoms with Gasteiger partial charge in [-0.05, 0) is 37.3 Å². The van der Waals surface area contributed by atoms with Crippen molar-refractivity contribution < 1.29 is 18.0 Å². The van der Waals surface area contributed by atoms with Gasteiger partial charge in [-0.1, -0.05) is 6.07 Å². The van der Waals surface area contributed by atoms with Gasteiger partial charge in [0.1, 0.15) is 17.2 Å². The lowest BCUT2D eigenvalue weighted by Gasteiger charge is -2.22. The second kappa shape index (κ2) is 5.87. The van der Waals surface area contributed by atoms with Gasteiger partial charge in [-0.25, -0.2) is 13.2 Å². The number of hydrogen-bond acceptors (Lipinski definition) is 2. The molecule has 2 aromatic rings. The van der Waals surface area contributed by atoms with Gasteiger partial charge in [0.15, 0.2) is 5.82 Å². The molecule has 2 rings (SSSR count). The average molecular weight is 294 g/mol. The molecule has 3 nitrogen and oxygen atoms in total. The lowest BCUT2D eigenvalue weighted by molar-refractivity contribution is 0.0980. The van der Waals surface area contributed by atoms with Crippen molar-refractivity contribution in [1.82, 2.24) is 0 Å². The Balaban J connectivity index is 2.49. The van der Waals surface area contributed by atoms with E-state index in [-0.39, 0.29) is 17.9 Å². The molecule has 0 aromatic heterocycles. The fourth-order valence-corrected chi connectivity index (χ4v) is 1.99. The van der Waals surface area contributed by atoms with E-state index in [1.807, 2.05) is 0 Å². The largest absolute Gasteiger partial charge is 0.396 e. The number of halogens is 3. The zero-order valence-electron chi connectivity index (χ0n) is 11.2. The predicted octanol–water partition coefficient (Wildman–Crippen LogP) is 3.35. The smallest absolute Gasteiger partial charge is 0.264 e. The Bertz CT molecular complexity index is 689. The SMILES string of the molecule is CCN(C(=O)c1c(F)ccc(N)c1F)c1cccc(F)c1. The van der Waals surface area contributed by atoms with Gasteiger partial charge in [0, 0.05) is 12.2 Å². The van der Waals surface area contributed by atoms with Gasteiger partial charge in [0.05, 0.1) is 5.69 Å². The Hall–Kier alpha value is -2.50. The number of nitrogens with zero attached hydrogens (tertiary/aromatic N) is 1. The maximum atomic E-state index is 13.9. The van der Waals surface area contributed by atoms with Crippen LogP contribution in [0, 0.1) is 17.5 Å². The quantitative estimate of drug-likeness (QED) is 0.882. The molecule has 0 heterocycles. The van der Waals surface area contributed by atoms with Crippen molar-refractivity contribution in [3.05, 3.63) is 59.4 Å². The highest BCUT2D eigenvalue weighted by Gasteiger charge is 2.25. The van der Waals surface area contributed by atoms with Gasteiger partial charge < -0.3 is 10.6 Å². The van der Waals surface area contributed by atoms with E-state index in [0.29, 0.717) is 0 Å². The minimum Gasteiger partial charge on any atom is -0.396 e. The lowest BCUT2D eigenvalue weighted by Crippen LogP contribution is -2.32. The third-order valence-corrected chi connectivity index (χ3v) is 3.02. The van der Waals surface area contributed by atoms with Crippen LogP contribution in [0.3, 0.4) is 0 Å². The summed E-state index contributed by atoms with van der Waals surface area (Å²) < 4.78 is 40.9. The Labute approximate surface area is 119 Å². The highest BCUT2D eigenvalue weighted by Crippen LogP contribution is 2.24. The summed E-state index contributed by atoms with van der Waals surface area (Å²) in [6.45, 7) is 1.74. The molecule has 0 bridgehead atoms. The molecule has 110 valence electrons. The van der Waals surface area contributed by atoms with Gasteiger partial charge >= 0.3 is 0 Å². The lowest BCUT2D eigenvalue weighted by atomic mass is 10.1. The third-order valence-electron chi connectivity index (χ3n) is 3.02. The molecule has 0 spiro atoms. The summed E-state index contributed by atoms with van der Waals surface area (Å²) >= 11 is 0. The molecule has 0 aliphatic rings. The number of rotatable bonds is 3. The number of anilines is 2. The van der Waals surface area contributed by atoms with Gasteiger partial charge in [-0.2, -0.15) is 0 Å². The normalized spacial score (nSPS) is 10.5. The fourth-order valence-electron chi connectivity index (χ4n) is 1.99. The van der Waals surface area contributed by atoms with Crippen molar-refractivity contribution in [3.63, 3.8) is 0 Å². The number of carbonyl (C=O) groups is 1. The minimum absolute atomic E-state index is 0.121. The van der Waals surface area contributed by atoms with Crippen LogP contribution in [0.25, 0.3) is 0 Å². The highest BCUT2D eigenvalue weighted by molar-refractivity contribution is 6.06. The molecule has 21 heavy (non-hydrogen) atoms. The Morgan fingerprint density at radius 2 is 1.90 bits per heavy atom. The molecule has 6 heteroatoms. The molecule has 0 saturated heterocycles. The molecule has 1 amide bonds. The second-order valence-electron chi connectivity index (χ2n) is 4.35. The summed E-state index contributed by atoms with van der Waals surface area (Å²) in [5, 5.41) is 0. The first-order valence-corrected chi connectivity index (χ1v) is 6.26. The van der Waals surface area contributed by atoms with E-state index in [1.54, 1.807) is 6.92 Å². The zero-order chi connectivity index (χ0) is 15.6. The molecule has 0 aliphatic carbocycles. The monoisotopic (exact) mass is 294 g/mol. The Morgan fingerprint density at radius 1 is 1.19 bits per heavy atom. The molecule has 0 unspecified atom stereocenters. The van der Waals surface area contributed by atoms with Gasteiger partial charge in [0.2, 0.25) is 0 Å². The van der Waals surface area contributed by atoms with Crippen LogP contribution in [0.5, 0.6) is 0 Å². The van der Waals surface area contributed by atoms with Crippen LogP contribution >= 0.6 is 0 Å². The number of nitrogen functional groups attached to an aromatic ring is 1. The first kappa shape index (κ1) is 14.9. The summed E-state index contributed by atoms with van der Waals surface area (Å²) in [6.07, 6.45) is 0. The topological polar surface area (TPSA) is 46.3 Å². The van der Waals surface area contributed by atoms with Gasteiger partial charge in [0.25, 0.3) is 5.91 Å². The van der Waals surface area contributed by atoms with Crippen molar-refractivity contribution in [3.8, 4) is 0 Å². The van der Waals surface area contributed by atoms with Gasteiger partial charge in [-0.15, -0.1) is 0 Å². The van der Waals surface area contributed by atoms with Crippen molar-refractivity contribution in [2.75, 3.05) is 17.2 Å². The van der Waals surface area contributed by atoms with Crippen LogP contribution in [0.4, 0.5) is 24.5 Å². The van der Waals surface area contributed by atoms with Crippen LogP contribution in [0.1, 0.15) is 17.3 Å². The van der Waals surface area contributed by atoms with Gasteiger partial charge in [-0.3, -0.25) is 4.79 Å². The van der Waals surface area contributed by atoms with Crippen molar-refractivity contribution in [2.24, 2.45) is 0 Å². The predicted molar refractivity (Wildman–Crippen MR) is 74.5 cm³/mol. The number of carbonyl (C=O) groups excluding carboxylic acids is 1. The van der Waals surface area contributed by atoms with Crippen LogP contribution < -0.4 is 10.6 Å². The summed E-state index contributed by atoms with van der Waals surface area (Å²) in [7, 11) is 0. The Kier molecular flexibility index (Phi) is 4.16. The zero-order valence-corrected chi connectivity index (χ0v) is 11.2. The summed E-state index contributed by atoms with van der Waals surface area (Å²) in [5.74, 6) is -3.59. The molecule has 0 saturated carbocycles. The summed E-state index contributed by atoms with van der Waals surface area (Å²) in [6, 6.07) is 7.18. The van der Waals surface area contributed by atoms with Crippen LogP contribution in [-0.4, -0.2) is 12.5 Å². The molecule has 2 aromatic carbocycles. The second-order valence-corrected chi connectivity index (χ2v) is 4.35. The maximum absolute atomic E-state index is 13.9.